The molecule has 5 nitrogen and oxygen atoms in total. The van der Waals surface area contributed by atoms with E-state index in [2.05, 4.69) is 5.32 Å². The highest BCUT2D eigenvalue weighted by atomic mass is 16.6. The molecular weight excluding hydrogens is 316 g/mol. The Morgan fingerprint density at radius 3 is 2.20 bits per heavy atom. The molecule has 0 bridgehead atoms. The van der Waals surface area contributed by atoms with Crippen molar-refractivity contribution in [3.8, 4) is 5.75 Å². The Kier molecular flexibility index (Phi) is 5.67. The summed E-state index contributed by atoms with van der Waals surface area (Å²) >= 11 is 0. The minimum absolute atomic E-state index is 0.0245. The molecule has 0 aliphatic carbocycles. The number of nitrogens with zero attached hydrogens (tertiary/aromatic N) is 1. The van der Waals surface area contributed by atoms with E-state index in [-0.39, 0.29) is 18.0 Å². The molecule has 1 aliphatic rings. The number of para-hydroxylation sites is 1. The summed E-state index contributed by atoms with van der Waals surface area (Å²) in [5.74, 6) is 0.572. The van der Waals surface area contributed by atoms with E-state index in [1.807, 2.05) is 48.5 Å². The van der Waals surface area contributed by atoms with Crippen LogP contribution >= 0.6 is 0 Å². The third-order valence-electron chi connectivity index (χ3n) is 4.27. The summed E-state index contributed by atoms with van der Waals surface area (Å²) in [6.07, 6.45) is 1.53. The van der Waals surface area contributed by atoms with E-state index in [0.29, 0.717) is 25.3 Å². The molecule has 0 spiro atoms. The van der Waals surface area contributed by atoms with Gasteiger partial charge in [0, 0.05) is 19.1 Å². The van der Waals surface area contributed by atoms with Crippen LogP contribution in [0, 0.1) is 0 Å². The van der Waals surface area contributed by atoms with Gasteiger partial charge in [-0.2, -0.15) is 0 Å². The van der Waals surface area contributed by atoms with Gasteiger partial charge in [0.15, 0.2) is 0 Å². The molecule has 1 fully saturated rings. The number of benzene rings is 2. The normalized spacial score (nSPS) is 14.8. The number of rotatable bonds is 4. The van der Waals surface area contributed by atoms with E-state index in [9.17, 15) is 9.59 Å². The minimum Gasteiger partial charge on any atom is -0.410 e. The Morgan fingerprint density at radius 1 is 0.960 bits per heavy atom. The monoisotopic (exact) mass is 338 g/mol. The lowest BCUT2D eigenvalue weighted by molar-refractivity contribution is -0.121. The van der Waals surface area contributed by atoms with E-state index in [1.54, 1.807) is 17.0 Å². The van der Waals surface area contributed by atoms with Crippen molar-refractivity contribution in [3.05, 3.63) is 66.2 Å². The van der Waals surface area contributed by atoms with Crippen molar-refractivity contribution in [1.82, 2.24) is 10.2 Å². The van der Waals surface area contributed by atoms with Crippen LogP contribution in [0.4, 0.5) is 4.79 Å². The molecule has 25 heavy (non-hydrogen) atoms. The molecule has 130 valence electrons. The predicted octanol–water partition coefficient (Wildman–Crippen LogP) is 3.01. The summed E-state index contributed by atoms with van der Waals surface area (Å²) in [7, 11) is 0. The summed E-state index contributed by atoms with van der Waals surface area (Å²) < 4.78 is 5.35. The largest absolute Gasteiger partial charge is 0.415 e. The second-order valence-corrected chi connectivity index (χ2v) is 6.17. The number of likely N-dealkylation sites (tertiary alicyclic amines) is 1. The third kappa shape index (κ3) is 5.08. The van der Waals surface area contributed by atoms with Crippen LogP contribution in [0.5, 0.6) is 5.75 Å². The first-order chi connectivity index (χ1) is 12.2. The van der Waals surface area contributed by atoms with Gasteiger partial charge in [0.2, 0.25) is 5.91 Å². The molecule has 0 atom stereocenters. The number of nitrogens with one attached hydrogen (secondary N) is 1. The summed E-state index contributed by atoms with van der Waals surface area (Å²) in [4.78, 5) is 26.0. The fourth-order valence-corrected chi connectivity index (χ4v) is 2.92. The van der Waals surface area contributed by atoms with Crippen molar-refractivity contribution in [2.24, 2.45) is 0 Å². The molecule has 1 N–H and O–H groups in total. The molecule has 1 heterocycles. The van der Waals surface area contributed by atoms with Crippen molar-refractivity contribution < 1.29 is 14.3 Å². The molecule has 2 aromatic rings. The maximum Gasteiger partial charge on any atom is 0.415 e. The zero-order chi connectivity index (χ0) is 17.5. The number of piperidine rings is 1. The molecule has 0 saturated carbocycles. The Morgan fingerprint density at radius 2 is 1.56 bits per heavy atom. The summed E-state index contributed by atoms with van der Waals surface area (Å²) in [6.45, 7) is 1.17. The molecule has 3 rings (SSSR count). The lowest BCUT2D eigenvalue weighted by Gasteiger charge is -2.31. The van der Waals surface area contributed by atoms with Crippen molar-refractivity contribution in [3.63, 3.8) is 0 Å². The summed E-state index contributed by atoms with van der Waals surface area (Å²) in [6, 6.07) is 18.9. The van der Waals surface area contributed by atoms with Crippen LogP contribution in [0.2, 0.25) is 0 Å². The van der Waals surface area contributed by atoms with Crippen LogP contribution in [0.25, 0.3) is 0 Å². The zero-order valence-corrected chi connectivity index (χ0v) is 14.1. The Hall–Kier alpha value is -2.82. The highest BCUT2D eigenvalue weighted by Gasteiger charge is 2.25. The highest BCUT2D eigenvalue weighted by molar-refractivity contribution is 5.79. The molecule has 2 amide bonds. The van der Waals surface area contributed by atoms with Crippen molar-refractivity contribution in [2.75, 3.05) is 13.1 Å². The number of carbonyl (C=O) groups excluding carboxylic acids is 2. The van der Waals surface area contributed by atoms with E-state index >= 15 is 0 Å². The fraction of sp³-hybridized carbons (Fsp3) is 0.300. The minimum atomic E-state index is -0.333. The second-order valence-electron chi connectivity index (χ2n) is 6.17. The average molecular weight is 338 g/mol. The molecule has 1 saturated heterocycles. The first-order valence-electron chi connectivity index (χ1n) is 8.56. The maximum absolute atomic E-state index is 12.2. The van der Waals surface area contributed by atoms with Crippen LogP contribution < -0.4 is 10.1 Å². The van der Waals surface area contributed by atoms with Gasteiger partial charge in [0.25, 0.3) is 0 Å². The van der Waals surface area contributed by atoms with E-state index in [1.165, 1.54) is 0 Å². The van der Waals surface area contributed by atoms with Crippen LogP contribution in [-0.4, -0.2) is 36.0 Å². The van der Waals surface area contributed by atoms with Crippen molar-refractivity contribution in [1.29, 1.82) is 0 Å². The number of amides is 2. The molecule has 0 aromatic heterocycles. The Balaban J connectivity index is 1.42. The summed E-state index contributed by atoms with van der Waals surface area (Å²) in [5, 5.41) is 3.06. The third-order valence-corrected chi connectivity index (χ3v) is 4.27. The van der Waals surface area contributed by atoms with Crippen molar-refractivity contribution in [2.45, 2.75) is 25.3 Å². The SMILES string of the molecule is O=C(Cc1ccccc1)NC1CCN(C(=O)Oc2ccccc2)CC1. The number of hydrogen-bond donors (Lipinski definition) is 1. The number of ether oxygens (including phenoxy) is 1. The number of carbonyl (C=O) groups is 2. The average Bonchev–Trinajstić information content (AvgIpc) is 2.64. The molecule has 0 unspecified atom stereocenters. The molecule has 2 aromatic carbocycles. The van der Waals surface area contributed by atoms with E-state index < -0.39 is 0 Å². The second kappa shape index (κ2) is 8.33. The van der Waals surface area contributed by atoms with E-state index in [0.717, 1.165) is 18.4 Å². The van der Waals surface area contributed by atoms with E-state index in [4.69, 9.17) is 4.74 Å². The lowest BCUT2D eigenvalue weighted by atomic mass is 10.0. The topological polar surface area (TPSA) is 58.6 Å². The fourth-order valence-electron chi connectivity index (χ4n) is 2.92. The first kappa shape index (κ1) is 17.0. The van der Waals surface area contributed by atoms with Gasteiger partial charge in [-0.05, 0) is 30.5 Å². The molecule has 5 heteroatoms. The first-order valence-corrected chi connectivity index (χ1v) is 8.56. The van der Waals surface area contributed by atoms with Gasteiger partial charge in [-0.3, -0.25) is 4.79 Å². The van der Waals surface area contributed by atoms with Gasteiger partial charge < -0.3 is 15.0 Å². The lowest BCUT2D eigenvalue weighted by Crippen LogP contribution is -2.47. The van der Waals surface area contributed by atoms with Gasteiger partial charge >= 0.3 is 6.09 Å². The van der Waals surface area contributed by atoms with Crippen LogP contribution in [0.3, 0.4) is 0 Å². The summed E-state index contributed by atoms with van der Waals surface area (Å²) in [5.41, 5.74) is 1.00. The quantitative estimate of drug-likeness (QED) is 0.932. The van der Waals surface area contributed by atoms with Gasteiger partial charge in [-0.1, -0.05) is 48.5 Å². The van der Waals surface area contributed by atoms with Gasteiger partial charge in [-0.15, -0.1) is 0 Å². The number of hydrogen-bond acceptors (Lipinski definition) is 3. The van der Waals surface area contributed by atoms with Crippen LogP contribution in [0.1, 0.15) is 18.4 Å². The van der Waals surface area contributed by atoms with Crippen molar-refractivity contribution >= 4 is 12.0 Å². The van der Waals surface area contributed by atoms with Crippen LogP contribution in [0.15, 0.2) is 60.7 Å². The zero-order valence-electron chi connectivity index (χ0n) is 14.1. The molecular formula is C20H22N2O3. The Bertz CT molecular complexity index is 695. The smallest absolute Gasteiger partial charge is 0.410 e. The molecule has 0 radical (unpaired) electrons. The molecule has 1 aliphatic heterocycles. The van der Waals surface area contributed by atoms with Gasteiger partial charge in [0.05, 0.1) is 6.42 Å². The van der Waals surface area contributed by atoms with Crippen LogP contribution in [-0.2, 0) is 11.2 Å². The van der Waals surface area contributed by atoms with Gasteiger partial charge in [0.1, 0.15) is 5.75 Å². The van der Waals surface area contributed by atoms with Gasteiger partial charge in [-0.25, -0.2) is 4.79 Å². The highest BCUT2D eigenvalue weighted by Crippen LogP contribution is 2.15. The maximum atomic E-state index is 12.2. The predicted molar refractivity (Wildman–Crippen MR) is 95.3 cm³/mol. The Labute approximate surface area is 147 Å². The standard InChI is InChI=1S/C20H22N2O3/c23-19(15-16-7-3-1-4-8-16)21-17-11-13-22(14-12-17)20(24)25-18-9-5-2-6-10-18/h1-10,17H,11-15H2,(H,21,23).